The molecule has 0 spiro atoms. The Bertz CT molecular complexity index is 1260. The van der Waals surface area contributed by atoms with Gasteiger partial charge in [0.2, 0.25) is 5.95 Å². The number of alkyl halides is 3. The molecule has 0 unspecified atom stereocenters. The lowest BCUT2D eigenvalue weighted by atomic mass is 10.0. The van der Waals surface area contributed by atoms with E-state index in [1.54, 1.807) is 24.5 Å². The Labute approximate surface area is 176 Å². The number of rotatable bonds is 3. The molecule has 5 nitrogen and oxygen atoms in total. The number of halogens is 3. The Morgan fingerprint density at radius 3 is 2.61 bits per heavy atom. The lowest BCUT2D eigenvalue weighted by molar-refractivity contribution is -0.137. The fraction of sp³-hybridized carbons (Fsp3) is 0.174. The number of nitrogens with zero attached hydrogens (tertiary/aromatic N) is 4. The van der Waals surface area contributed by atoms with Crippen LogP contribution in [0, 0.1) is 0 Å². The zero-order valence-corrected chi connectivity index (χ0v) is 16.4. The van der Waals surface area contributed by atoms with Crippen molar-refractivity contribution >= 4 is 28.4 Å². The molecule has 0 aliphatic carbocycles. The first-order valence-electron chi connectivity index (χ1n) is 9.85. The van der Waals surface area contributed by atoms with Crippen LogP contribution in [0.4, 0.5) is 30.6 Å². The van der Waals surface area contributed by atoms with Crippen LogP contribution in [0.25, 0.3) is 10.9 Å². The van der Waals surface area contributed by atoms with Gasteiger partial charge in [0.25, 0.3) is 0 Å². The van der Waals surface area contributed by atoms with E-state index in [4.69, 9.17) is 0 Å². The number of aromatic nitrogens is 3. The molecule has 0 atom stereocenters. The van der Waals surface area contributed by atoms with Gasteiger partial charge in [-0.1, -0.05) is 30.3 Å². The molecule has 5 rings (SSSR count). The maximum absolute atomic E-state index is 13.1. The average Bonchev–Trinajstić information content (AvgIpc) is 2.78. The van der Waals surface area contributed by atoms with Gasteiger partial charge < -0.3 is 10.2 Å². The van der Waals surface area contributed by atoms with Crippen LogP contribution in [0.1, 0.15) is 16.7 Å². The minimum Gasteiger partial charge on any atom is -0.339 e. The van der Waals surface area contributed by atoms with E-state index in [0.717, 1.165) is 25.1 Å². The number of hydrogen-bond donors (Lipinski definition) is 1. The average molecular weight is 421 g/mol. The SMILES string of the molecule is FC(F)(F)c1cccc(Nc2nc(N3CCc4ccccc4C3)nc3ccncc23)c1. The minimum absolute atomic E-state index is 0.300. The smallest absolute Gasteiger partial charge is 0.339 e. The van der Waals surface area contributed by atoms with Gasteiger partial charge in [-0.2, -0.15) is 18.2 Å². The molecular weight excluding hydrogens is 403 g/mol. The van der Waals surface area contributed by atoms with E-state index in [9.17, 15) is 13.2 Å². The van der Waals surface area contributed by atoms with Gasteiger partial charge >= 0.3 is 6.18 Å². The van der Waals surface area contributed by atoms with Gasteiger partial charge in [-0.3, -0.25) is 4.98 Å². The second kappa shape index (κ2) is 7.54. The summed E-state index contributed by atoms with van der Waals surface area (Å²) in [7, 11) is 0. The lowest BCUT2D eigenvalue weighted by Gasteiger charge is -2.29. The summed E-state index contributed by atoms with van der Waals surface area (Å²) in [4.78, 5) is 15.6. The van der Waals surface area contributed by atoms with Crippen molar-refractivity contribution in [2.24, 2.45) is 0 Å². The van der Waals surface area contributed by atoms with Crippen molar-refractivity contribution in [2.75, 3.05) is 16.8 Å². The summed E-state index contributed by atoms with van der Waals surface area (Å²) in [5.74, 6) is 0.953. The van der Waals surface area contributed by atoms with Crippen LogP contribution >= 0.6 is 0 Å². The molecule has 1 aliphatic rings. The summed E-state index contributed by atoms with van der Waals surface area (Å²) in [6, 6.07) is 15.1. The molecule has 0 amide bonds. The molecular formula is C23H18F3N5. The van der Waals surface area contributed by atoms with E-state index in [2.05, 4.69) is 37.3 Å². The quantitative estimate of drug-likeness (QED) is 0.483. The van der Waals surface area contributed by atoms with Gasteiger partial charge in [0.15, 0.2) is 0 Å². The zero-order chi connectivity index (χ0) is 21.4. The number of fused-ring (bicyclic) bond motifs is 2. The normalized spacial score (nSPS) is 13.8. The topological polar surface area (TPSA) is 53.9 Å². The van der Waals surface area contributed by atoms with Crippen LogP contribution < -0.4 is 10.2 Å². The molecule has 2 aromatic carbocycles. The summed E-state index contributed by atoms with van der Waals surface area (Å²) in [6.07, 6.45) is -0.289. The van der Waals surface area contributed by atoms with Crippen LogP contribution in [0.3, 0.4) is 0 Å². The monoisotopic (exact) mass is 421 g/mol. The molecule has 156 valence electrons. The van der Waals surface area contributed by atoms with Gasteiger partial charge in [-0.05, 0) is 41.8 Å². The fourth-order valence-electron chi connectivity index (χ4n) is 3.77. The summed E-state index contributed by atoms with van der Waals surface area (Å²) in [5, 5.41) is 3.68. The maximum atomic E-state index is 13.1. The van der Waals surface area contributed by atoms with Gasteiger partial charge in [0.05, 0.1) is 16.5 Å². The highest BCUT2D eigenvalue weighted by atomic mass is 19.4. The number of pyridine rings is 1. The van der Waals surface area contributed by atoms with Crippen LogP contribution in [0.5, 0.6) is 0 Å². The van der Waals surface area contributed by atoms with Crippen LogP contribution in [-0.2, 0) is 19.1 Å². The van der Waals surface area contributed by atoms with E-state index >= 15 is 0 Å². The molecule has 0 saturated carbocycles. The lowest BCUT2D eigenvalue weighted by Crippen LogP contribution is -2.31. The molecule has 4 aromatic rings. The Morgan fingerprint density at radius 1 is 0.935 bits per heavy atom. The Balaban J connectivity index is 1.53. The van der Waals surface area contributed by atoms with Gasteiger partial charge in [0.1, 0.15) is 5.82 Å². The van der Waals surface area contributed by atoms with E-state index in [0.29, 0.717) is 34.9 Å². The van der Waals surface area contributed by atoms with Gasteiger partial charge in [-0.15, -0.1) is 0 Å². The van der Waals surface area contributed by atoms with Crippen molar-refractivity contribution < 1.29 is 13.2 Å². The Kier molecular flexibility index (Phi) is 4.69. The number of nitrogens with one attached hydrogen (secondary N) is 1. The van der Waals surface area contributed by atoms with Crippen molar-refractivity contribution in [1.29, 1.82) is 0 Å². The largest absolute Gasteiger partial charge is 0.416 e. The molecule has 31 heavy (non-hydrogen) atoms. The predicted octanol–water partition coefficient (Wildman–Crippen LogP) is 5.35. The van der Waals surface area contributed by atoms with Crippen molar-refractivity contribution in [3.05, 3.63) is 83.7 Å². The molecule has 1 aliphatic heterocycles. The number of benzene rings is 2. The molecule has 0 saturated heterocycles. The third-order valence-electron chi connectivity index (χ3n) is 5.35. The Morgan fingerprint density at radius 2 is 1.77 bits per heavy atom. The third kappa shape index (κ3) is 3.88. The summed E-state index contributed by atoms with van der Waals surface area (Å²) >= 11 is 0. The van der Waals surface area contributed by atoms with E-state index in [1.165, 1.54) is 17.2 Å². The van der Waals surface area contributed by atoms with Crippen LogP contribution in [-0.4, -0.2) is 21.5 Å². The molecule has 8 heteroatoms. The number of anilines is 3. The van der Waals surface area contributed by atoms with Gasteiger partial charge in [0, 0.05) is 31.2 Å². The number of hydrogen-bond acceptors (Lipinski definition) is 5. The summed E-state index contributed by atoms with van der Waals surface area (Å²) < 4.78 is 39.4. The van der Waals surface area contributed by atoms with Crippen molar-refractivity contribution in [3.63, 3.8) is 0 Å². The first-order chi connectivity index (χ1) is 15.0. The van der Waals surface area contributed by atoms with Crippen molar-refractivity contribution in [1.82, 2.24) is 15.0 Å². The fourth-order valence-corrected chi connectivity index (χ4v) is 3.77. The van der Waals surface area contributed by atoms with Crippen LogP contribution in [0.2, 0.25) is 0 Å². The second-order valence-electron chi connectivity index (χ2n) is 7.41. The van der Waals surface area contributed by atoms with E-state index < -0.39 is 11.7 Å². The van der Waals surface area contributed by atoms with E-state index in [1.807, 2.05) is 12.1 Å². The second-order valence-corrected chi connectivity index (χ2v) is 7.41. The highest BCUT2D eigenvalue weighted by Gasteiger charge is 2.30. The standard InChI is InChI=1S/C23H18F3N5/c24-23(25,26)17-6-3-7-18(12-17)28-21-19-13-27-10-8-20(19)29-22(30-21)31-11-9-15-4-1-2-5-16(15)14-31/h1-8,10,12-13H,9,11,14H2,(H,28,29,30). The maximum Gasteiger partial charge on any atom is 0.416 e. The van der Waals surface area contributed by atoms with E-state index in [-0.39, 0.29) is 0 Å². The molecule has 2 aromatic heterocycles. The van der Waals surface area contributed by atoms with Gasteiger partial charge in [-0.25, -0.2) is 4.98 Å². The third-order valence-corrected chi connectivity index (χ3v) is 5.35. The molecule has 0 bridgehead atoms. The highest BCUT2D eigenvalue weighted by Crippen LogP contribution is 2.33. The van der Waals surface area contributed by atoms with Crippen molar-refractivity contribution in [2.45, 2.75) is 19.1 Å². The molecule has 1 N–H and O–H groups in total. The summed E-state index contributed by atoms with van der Waals surface area (Å²) in [6.45, 7) is 1.44. The zero-order valence-electron chi connectivity index (χ0n) is 16.4. The van der Waals surface area contributed by atoms with Crippen molar-refractivity contribution in [3.8, 4) is 0 Å². The first-order valence-corrected chi connectivity index (χ1v) is 9.85. The first kappa shape index (κ1) is 19.3. The van der Waals surface area contributed by atoms with Crippen LogP contribution in [0.15, 0.2) is 67.0 Å². The highest BCUT2D eigenvalue weighted by molar-refractivity contribution is 5.91. The molecule has 0 fully saturated rings. The molecule has 0 radical (unpaired) electrons. The Hall–Kier alpha value is -3.68. The minimum atomic E-state index is -4.42. The molecule has 3 heterocycles. The predicted molar refractivity (Wildman–Crippen MR) is 113 cm³/mol. The summed E-state index contributed by atoms with van der Waals surface area (Å²) in [5.41, 5.74) is 2.79.